The monoisotopic (exact) mass is 257 g/mol. The molecule has 0 saturated heterocycles. The van der Waals surface area contributed by atoms with E-state index in [1.54, 1.807) is 11.1 Å². The predicted octanol–water partition coefficient (Wildman–Crippen LogP) is 4.40. The summed E-state index contributed by atoms with van der Waals surface area (Å²) in [6, 6.07) is 8.33. The number of fused-ring (bicyclic) bond motifs is 1. The molecule has 19 heavy (non-hydrogen) atoms. The fraction of sp³-hybridized carbons (Fsp3) is 0.667. The van der Waals surface area contributed by atoms with Gasteiger partial charge in [-0.15, -0.1) is 0 Å². The molecule has 2 atom stereocenters. The lowest BCUT2D eigenvalue weighted by atomic mass is 9.80. The van der Waals surface area contributed by atoms with Crippen molar-refractivity contribution in [3.8, 4) is 0 Å². The highest BCUT2D eigenvalue weighted by Gasteiger charge is 2.25. The lowest BCUT2D eigenvalue weighted by molar-refractivity contribution is 0.229. The van der Waals surface area contributed by atoms with Crippen LogP contribution in [0, 0.1) is 5.92 Å². The van der Waals surface area contributed by atoms with Crippen LogP contribution in [0.3, 0.4) is 0 Å². The van der Waals surface area contributed by atoms with Crippen LogP contribution in [-0.4, -0.2) is 6.04 Å². The smallest absolute Gasteiger partial charge is 0.0294 e. The normalized spacial score (nSPS) is 22.4. The summed E-state index contributed by atoms with van der Waals surface area (Å²) < 4.78 is 0. The molecular weight excluding hydrogens is 230 g/mol. The van der Waals surface area contributed by atoms with E-state index in [9.17, 15) is 0 Å². The van der Waals surface area contributed by atoms with Gasteiger partial charge in [-0.25, -0.2) is 0 Å². The van der Waals surface area contributed by atoms with Gasteiger partial charge in [-0.1, -0.05) is 24.6 Å². The van der Waals surface area contributed by atoms with E-state index in [2.05, 4.69) is 37.4 Å². The number of hydrogen-bond donors (Lipinski definition) is 1. The molecule has 1 heteroatoms. The first-order valence-electron chi connectivity index (χ1n) is 8.12. The Balaban J connectivity index is 1.67. The predicted molar refractivity (Wildman–Crippen MR) is 81.4 cm³/mol. The van der Waals surface area contributed by atoms with Crippen LogP contribution in [-0.2, 0) is 12.8 Å². The lowest BCUT2D eigenvalue weighted by Crippen LogP contribution is -2.38. The Morgan fingerprint density at radius 1 is 1.00 bits per heavy atom. The van der Waals surface area contributed by atoms with Gasteiger partial charge in [-0.2, -0.15) is 0 Å². The Morgan fingerprint density at radius 3 is 2.42 bits per heavy atom. The van der Waals surface area contributed by atoms with Crippen molar-refractivity contribution in [2.24, 2.45) is 5.92 Å². The van der Waals surface area contributed by atoms with E-state index in [0.29, 0.717) is 12.1 Å². The fourth-order valence-corrected chi connectivity index (χ4v) is 3.59. The van der Waals surface area contributed by atoms with E-state index in [1.807, 2.05) is 0 Å². The maximum Gasteiger partial charge on any atom is 0.0294 e. The first kappa shape index (κ1) is 13.2. The van der Waals surface area contributed by atoms with Crippen LogP contribution in [0.1, 0.15) is 68.7 Å². The molecule has 1 saturated carbocycles. The summed E-state index contributed by atoms with van der Waals surface area (Å²) in [4.78, 5) is 0. The molecule has 3 rings (SSSR count). The van der Waals surface area contributed by atoms with Crippen molar-refractivity contribution in [2.45, 2.75) is 70.9 Å². The van der Waals surface area contributed by atoms with Gasteiger partial charge < -0.3 is 5.32 Å². The first-order chi connectivity index (χ1) is 9.24. The maximum absolute atomic E-state index is 3.80. The van der Waals surface area contributed by atoms with Gasteiger partial charge in [-0.3, -0.25) is 0 Å². The molecule has 2 unspecified atom stereocenters. The third-order valence-electron chi connectivity index (χ3n) is 5.24. The average molecular weight is 257 g/mol. The molecule has 0 radical (unpaired) electrons. The minimum Gasteiger partial charge on any atom is -0.307 e. The molecule has 0 aromatic heterocycles. The molecule has 0 aliphatic heterocycles. The quantitative estimate of drug-likeness (QED) is 0.842. The molecule has 0 heterocycles. The molecule has 1 fully saturated rings. The second kappa shape index (κ2) is 5.66. The molecule has 1 aromatic carbocycles. The topological polar surface area (TPSA) is 12.0 Å². The number of nitrogens with one attached hydrogen (secondary N) is 1. The molecule has 0 bridgehead atoms. The summed E-state index contributed by atoms with van der Waals surface area (Å²) in [7, 11) is 0. The second-order valence-corrected chi connectivity index (χ2v) is 6.60. The average Bonchev–Trinajstić information content (AvgIpc) is 2.36. The zero-order chi connectivity index (χ0) is 13.2. The highest BCUT2D eigenvalue weighted by Crippen LogP contribution is 2.31. The second-order valence-electron chi connectivity index (χ2n) is 6.60. The van der Waals surface area contributed by atoms with E-state index in [4.69, 9.17) is 0 Å². The van der Waals surface area contributed by atoms with Crippen molar-refractivity contribution in [3.05, 3.63) is 34.9 Å². The van der Waals surface area contributed by atoms with Gasteiger partial charge in [0, 0.05) is 12.1 Å². The fourth-order valence-electron chi connectivity index (χ4n) is 3.59. The molecule has 1 N–H and O–H groups in total. The van der Waals surface area contributed by atoms with Gasteiger partial charge >= 0.3 is 0 Å². The van der Waals surface area contributed by atoms with Crippen molar-refractivity contribution < 1.29 is 0 Å². The summed E-state index contributed by atoms with van der Waals surface area (Å²) in [6.07, 6.45) is 9.60. The summed E-state index contributed by atoms with van der Waals surface area (Å²) >= 11 is 0. The lowest BCUT2D eigenvalue weighted by Gasteiger charge is -2.34. The van der Waals surface area contributed by atoms with Crippen LogP contribution < -0.4 is 5.32 Å². The van der Waals surface area contributed by atoms with Gasteiger partial charge in [-0.05, 0) is 75.0 Å². The van der Waals surface area contributed by atoms with Gasteiger partial charge in [0.15, 0.2) is 0 Å². The summed E-state index contributed by atoms with van der Waals surface area (Å²) in [5.41, 5.74) is 4.68. The minimum absolute atomic E-state index is 0.489. The molecule has 1 aromatic rings. The Morgan fingerprint density at radius 2 is 1.74 bits per heavy atom. The van der Waals surface area contributed by atoms with Crippen molar-refractivity contribution in [1.82, 2.24) is 5.32 Å². The van der Waals surface area contributed by atoms with Crippen LogP contribution >= 0.6 is 0 Å². The number of benzene rings is 1. The summed E-state index contributed by atoms with van der Waals surface area (Å²) in [5, 5.41) is 3.80. The first-order valence-corrected chi connectivity index (χ1v) is 8.12. The highest BCUT2D eigenvalue weighted by molar-refractivity contribution is 5.35. The van der Waals surface area contributed by atoms with E-state index in [1.165, 1.54) is 50.5 Å². The van der Waals surface area contributed by atoms with Crippen LogP contribution in [0.2, 0.25) is 0 Å². The van der Waals surface area contributed by atoms with Gasteiger partial charge in [0.25, 0.3) is 0 Å². The summed E-state index contributed by atoms with van der Waals surface area (Å²) in [5.74, 6) is 0.917. The number of hydrogen-bond acceptors (Lipinski definition) is 1. The van der Waals surface area contributed by atoms with Crippen molar-refractivity contribution in [3.63, 3.8) is 0 Å². The SMILES string of the molecule is CC(NC(C)C1CCC1)c1ccc2c(c1)CCCC2. The minimum atomic E-state index is 0.489. The van der Waals surface area contributed by atoms with Crippen LogP contribution in [0.5, 0.6) is 0 Å². The zero-order valence-electron chi connectivity index (χ0n) is 12.4. The molecule has 2 aliphatic carbocycles. The maximum atomic E-state index is 3.80. The molecule has 104 valence electrons. The largest absolute Gasteiger partial charge is 0.307 e. The van der Waals surface area contributed by atoms with Crippen LogP contribution in [0.15, 0.2) is 18.2 Å². The van der Waals surface area contributed by atoms with Gasteiger partial charge in [0.1, 0.15) is 0 Å². The number of aryl methyl sites for hydroxylation is 2. The van der Waals surface area contributed by atoms with Gasteiger partial charge in [0.2, 0.25) is 0 Å². The molecule has 1 nitrogen and oxygen atoms in total. The van der Waals surface area contributed by atoms with E-state index >= 15 is 0 Å². The molecular formula is C18H27N. The highest BCUT2D eigenvalue weighted by atomic mass is 14.9. The van der Waals surface area contributed by atoms with E-state index in [-0.39, 0.29) is 0 Å². The molecule has 0 spiro atoms. The third-order valence-corrected chi connectivity index (χ3v) is 5.24. The van der Waals surface area contributed by atoms with Crippen molar-refractivity contribution in [2.75, 3.05) is 0 Å². The van der Waals surface area contributed by atoms with Crippen molar-refractivity contribution in [1.29, 1.82) is 0 Å². The Labute approximate surface area is 117 Å². The van der Waals surface area contributed by atoms with Crippen LogP contribution in [0.4, 0.5) is 0 Å². The molecule has 2 aliphatic rings. The Bertz CT molecular complexity index is 433. The summed E-state index contributed by atoms with van der Waals surface area (Å²) in [6.45, 7) is 4.68. The third kappa shape index (κ3) is 2.86. The van der Waals surface area contributed by atoms with Gasteiger partial charge in [0.05, 0.1) is 0 Å². The number of rotatable bonds is 4. The standard InChI is InChI=1S/C18H27N/c1-13(15-8-5-9-15)19-14(2)17-11-10-16-6-3-4-7-18(16)12-17/h10-15,19H,3-9H2,1-2H3. The molecule has 0 amide bonds. The van der Waals surface area contributed by atoms with E-state index < -0.39 is 0 Å². The zero-order valence-corrected chi connectivity index (χ0v) is 12.4. The van der Waals surface area contributed by atoms with E-state index in [0.717, 1.165) is 5.92 Å². The van der Waals surface area contributed by atoms with Crippen LogP contribution in [0.25, 0.3) is 0 Å². The Kier molecular flexibility index (Phi) is 3.93. The Hall–Kier alpha value is -0.820. The van der Waals surface area contributed by atoms with Crippen molar-refractivity contribution >= 4 is 0 Å².